The van der Waals surface area contributed by atoms with Crippen molar-refractivity contribution in [3.05, 3.63) is 48.1 Å². The van der Waals surface area contributed by atoms with E-state index in [9.17, 15) is 0 Å². The molecule has 0 amide bonds. The third-order valence-electron chi connectivity index (χ3n) is 2.84. The zero-order chi connectivity index (χ0) is 11.8. The smallest absolute Gasteiger partial charge is 0.134 e. The van der Waals surface area contributed by atoms with E-state index in [4.69, 9.17) is 4.42 Å². The van der Waals surface area contributed by atoms with Crippen LogP contribution in [0.3, 0.4) is 0 Å². The Labute approximate surface area is 99.1 Å². The zero-order valence-corrected chi connectivity index (χ0v) is 9.77. The van der Waals surface area contributed by atoms with Crippen LogP contribution in [0.1, 0.15) is 11.4 Å². The van der Waals surface area contributed by atoms with Crippen LogP contribution in [0.2, 0.25) is 0 Å². The predicted molar refractivity (Wildman–Crippen MR) is 66.7 cm³/mol. The van der Waals surface area contributed by atoms with Crippen molar-refractivity contribution in [3.8, 4) is 11.3 Å². The molecule has 3 nitrogen and oxygen atoms in total. The maximum Gasteiger partial charge on any atom is 0.134 e. The molecule has 3 heteroatoms. The van der Waals surface area contributed by atoms with Crippen molar-refractivity contribution in [3.63, 3.8) is 0 Å². The van der Waals surface area contributed by atoms with E-state index in [1.807, 2.05) is 32.0 Å². The lowest BCUT2D eigenvalue weighted by Crippen LogP contribution is -1.89. The molecule has 0 aliphatic rings. The molecule has 3 aromatic rings. The Morgan fingerprint density at radius 3 is 2.82 bits per heavy atom. The van der Waals surface area contributed by atoms with E-state index in [-0.39, 0.29) is 0 Å². The highest BCUT2D eigenvalue weighted by Gasteiger charge is 2.05. The van der Waals surface area contributed by atoms with Crippen LogP contribution in [-0.4, -0.2) is 9.97 Å². The van der Waals surface area contributed by atoms with E-state index >= 15 is 0 Å². The van der Waals surface area contributed by atoms with Crippen LogP contribution in [0, 0.1) is 13.8 Å². The number of rotatable bonds is 1. The number of hydrogen-bond donors (Lipinski definition) is 0. The third kappa shape index (κ3) is 1.69. The number of aryl methyl sites for hydroxylation is 2. The van der Waals surface area contributed by atoms with Gasteiger partial charge in [-0.25, -0.2) is 9.97 Å². The van der Waals surface area contributed by atoms with Crippen LogP contribution in [0.25, 0.3) is 22.2 Å². The molecule has 0 saturated heterocycles. The van der Waals surface area contributed by atoms with E-state index in [0.717, 1.165) is 33.6 Å². The highest BCUT2D eigenvalue weighted by atomic mass is 16.3. The van der Waals surface area contributed by atoms with Gasteiger partial charge in [-0.2, -0.15) is 0 Å². The Kier molecular flexibility index (Phi) is 2.18. The molecule has 0 aliphatic heterocycles. The van der Waals surface area contributed by atoms with Crippen molar-refractivity contribution in [2.24, 2.45) is 0 Å². The first-order valence-electron chi connectivity index (χ1n) is 5.52. The summed E-state index contributed by atoms with van der Waals surface area (Å²) in [5.74, 6) is 0.784. The predicted octanol–water partition coefficient (Wildman–Crippen LogP) is 3.51. The minimum absolute atomic E-state index is 0.784. The Morgan fingerprint density at radius 1 is 1.12 bits per heavy atom. The lowest BCUT2D eigenvalue weighted by molar-refractivity contribution is 0.613. The molecule has 0 aliphatic carbocycles. The largest absolute Gasteiger partial charge is 0.464 e. The molecule has 2 aromatic heterocycles. The molecule has 0 atom stereocenters. The van der Waals surface area contributed by atoms with Gasteiger partial charge >= 0.3 is 0 Å². The van der Waals surface area contributed by atoms with Gasteiger partial charge in [0.15, 0.2) is 0 Å². The van der Waals surface area contributed by atoms with Gasteiger partial charge in [0.25, 0.3) is 0 Å². The molecule has 1 aromatic carbocycles. The zero-order valence-electron chi connectivity index (χ0n) is 9.77. The topological polar surface area (TPSA) is 38.9 Å². The SMILES string of the molecule is Cc1nccc(-c2ccc3occ(C)c3c2)n1. The van der Waals surface area contributed by atoms with Crippen LogP contribution in [0.5, 0.6) is 0 Å². The molecular formula is C14H12N2O. The first-order chi connectivity index (χ1) is 8.24. The fourth-order valence-corrected chi connectivity index (χ4v) is 1.93. The molecule has 0 bridgehead atoms. The summed E-state index contributed by atoms with van der Waals surface area (Å²) in [6.45, 7) is 3.94. The number of hydrogen-bond acceptors (Lipinski definition) is 3. The summed E-state index contributed by atoms with van der Waals surface area (Å²) in [6.07, 6.45) is 3.56. The summed E-state index contributed by atoms with van der Waals surface area (Å²) in [4.78, 5) is 8.53. The second-order valence-electron chi connectivity index (χ2n) is 4.12. The van der Waals surface area contributed by atoms with E-state index in [0.29, 0.717) is 0 Å². The van der Waals surface area contributed by atoms with Crippen molar-refractivity contribution in [1.29, 1.82) is 0 Å². The van der Waals surface area contributed by atoms with Crippen LogP contribution >= 0.6 is 0 Å². The van der Waals surface area contributed by atoms with Gasteiger partial charge < -0.3 is 4.42 Å². The molecule has 0 saturated carbocycles. The second kappa shape index (κ2) is 3.70. The number of nitrogens with zero attached hydrogens (tertiary/aromatic N) is 2. The van der Waals surface area contributed by atoms with Crippen molar-refractivity contribution < 1.29 is 4.42 Å². The van der Waals surface area contributed by atoms with Crippen molar-refractivity contribution in [2.45, 2.75) is 13.8 Å². The highest BCUT2D eigenvalue weighted by molar-refractivity contribution is 5.85. The summed E-state index contributed by atoms with van der Waals surface area (Å²) in [5.41, 5.74) is 4.09. The van der Waals surface area contributed by atoms with Crippen LogP contribution in [0.4, 0.5) is 0 Å². The van der Waals surface area contributed by atoms with E-state index in [1.165, 1.54) is 0 Å². The molecule has 0 fully saturated rings. The van der Waals surface area contributed by atoms with Gasteiger partial charge in [-0.15, -0.1) is 0 Å². The van der Waals surface area contributed by atoms with Crippen LogP contribution in [0.15, 0.2) is 41.1 Å². The minimum atomic E-state index is 0.784. The van der Waals surface area contributed by atoms with Gasteiger partial charge in [-0.1, -0.05) is 0 Å². The Morgan fingerprint density at radius 2 is 2.00 bits per heavy atom. The van der Waals surface area contributed by atoms with Gasteiger partial charge in [-0.3, -0.25) is 0 Å². The Hall–Kier alpha value is -2.16. The third-order valence-corrected chi connectivity index (χ3v) is 2.84. The summed E-state index contributed by atoms with van der Waals surface area (Å²) >= 11 is 0. The molecule has 2 heterocycles. The molecule has 84 valence electrons. The van der Waals surface area contributed by atoms with Crippen molar-refractivity contribution in [2.75, 3.05) is 0 Å². The van der Waals surface area contributed by atoms with Crippen molar-refractivity contribution in [1.82, 2.24) is 9.97 Å². The second-order valence-corrected chi connectivity index (χ2v) is 4.12. The summed E-state index contributed by atoms with van der Waals surface area (Å²) < 4.78 is 5.43. The highest BCUT2D eigenvalue weighted by Crippen LogP contribution is 2.26. The first-order valence-corrected chi connectivity index (χ1v) is 5.52. The van der Waals surface area contributed by atoms with Gasteiger partial charge in [0, 0.05) is 17.1 Å². The molecular weight excluding hydrogens is 212 g/mol. The fourth-order valence-electron chi connectivity index (χ4n) is 1.93. The summed E-state index contributed by atoms with van der Waals surface area (Å²) in [7, 11) is 0. The molecule has 0 unspecified atom stereocenters. The van der Waals surface area contributed by atoms with Gasteiger partial charge in [0.1, 0.15) is 11.4 Å². The summed E-state index contributed by atoms with van der Waals surface area (Å²) in [6, 6.07) is 8.03. The molecule has 3 rings (SSSR count). The maximum absolute atomic E-state index is 5.43. The van der Waals surface area contributed by atoms with Gasteiger partial charge in [0.05, 0.1) is 12.0 Å². The molecule has 17 heavy (non-hydrogen) atoms. The number of aromatic nitrogens is 2. The maximum atomic E-state index is 5.43. The van der Waals surface area contributed by atoms with Crippen LogP contribution in [-0.2, 0) is 0 Å². The normalized spacial score (nSPS) is 10.9. The average molecular weight is 224 g/mol. The number of benzene rings is 1. The van der Waals surface area contributed by atoms with E-state index in [1.54, 1.807) is 12.5 Å². The fraction of sp³-hybridized carbons (Fsp3) is 0.143. The van der Waals surface area contributed by atoms with Gasteiger partial charge in [0.2, 0.25) is 0 Å². The van der Waals surface area contributed by atoms with Gasteiger partial charge in [-0.05, 0) is 43.7 Å². The molecule has 0 spiro atoms. The van der Waals surface area contributed by atoms with Crippen molar-refractivity contribution >= 4 is 11.0 Å². The molecule has 0 radical (unpaired) electrons. The summed E-state index contributed by atoms with van der Waals surface area (Å²) in [5, 5.41) is 1.14. The lowest BCUT2D eigenvalue weighted by Gasteiger charge is -2.01. The standard InChI is InChI=1S/C14H12N2O/c1-9-8-17-14-4-3-11(7-12(9)14)13-5-6-15-10(2)16-13/h3-8H,1-2H3. The molecule has 0 N–H and O–H groups in total. The Balaban J connectivity index is 2.20. The minimum Gasteiger partial charge on any atom is -0.464 e. The Bertz CT molecular complexity index is 686. The monoisotopic (exact) mass is 224 g/mol. The van der Waals surface area contributed by atoms with E-state index in [2.05, 4.69) is 16.0 Å². The average Bonchev–Trinajstić information content (AvgIpc) is 2.71. The lowest BCUT2D eigenvalue weighted by atomic mass is 10.1. The number of furan rings is 1. The number of fused-ring (bicyclic) bond motifs is 1. The van der Waals surface area contributed by atoms with Crippen LogP contribution < -0.4 is 0 Å². The first kappa shape index (κ1) is 10.0. The quantitative estimate of drug-likeness (QED) is 0.635. The van der Waals surface area contributed by atoms with E-state index < -0.39 is 0 Å².